The second-order valence-corrected chi connectivity index (χ2v) is 6.61. The summed E-state index contributed by atoms with van der Waals surface area (Å²) in [6.45, 7) is 1.69. The second-order valence-electron chi connectivity index (χ2n) is 6.61. The molecule has 2 N–H and O–H groups in total. The maximum absolute atomic E-state index is 12.7. The molecular weight excluding hydrogens is 336 g/mol. The van der Waals surface area contributed by atoms with Crippen molar-refractivity contribution in [2.45, 2.75) is 38.1 Å². The zero-order valence-corrected chi connectivity index (χ0v) is 14.7. The third-order valence-corrected chi connectivity index (χ3v) is 4.70. The van der Waals surface area contributed by atoms with Gasteiger partial charge in [-0.15, -0.1) is 0 Å². The molecule has 1 aromatic rings. The van der Waals surface area contributed by atoms with Crippen molar-refractivity contribution < 1.29 is 14.3 Å². The average molecular weight is 360 g/mol. The zero-order chi connectivity index (χ0) is 18.4. The summed E-state index contributed by atoms with van der Waals surface area (Å²) >= 11 is 0. The summed E-state index contributed by atoms with van der Waals surface area (Å²) in [5, 5.41) is 2.94. The van der Waals surface area contributed by atoms with E-state index in [0.717, 1.165) is 19.0 Å². The van der Waals surface area contributed by atoms with Gasteiger partial charge in [0.2, 0.25) is 5.91 Å². The van der Waals surface area contributed by atoms with Crippen molar-refractivity contribution in [2.24, 2.45) is 0 Å². The number of hydrogen-bond acceptors (Lipinski definition) is 5. The van der Waals surface area contributed by atoms with Gasteiger partial charge >= 0.3 is 0 Å². The first-order valence-corrected chi connectivity index (χ1v) is 9.01. The number of nitrogens with zero attached hydrogens (tertiary/aromatic N) is 2. The minimum atomic E-state index is -0.364. The summed E-state index contributed by atoms with van der Waals surface area (Å²) in [4.78, 5) is 44.0. The standard InChI is InChI=1S/C18H24N4O4/c23-16(20-9-13-4-2-1-3-5-13)8-14-12-26-7-6-22(14)18(25)15-10-21-17(24)11-19-15/h4,10-11,14H,1-3,5-9,12H2,(H,20,23)(H,21,24)/t14-/m0/s1. The number of amides is 2. The number of carbonyl (C=O) groups is 2. The lowest BCUT2D eigenvalue weighted by Gasteiger charge is -2.35. The summed E-state index contributed by atoms with van der Waals surface area (Å²) in [5.41, 5.74) is 1.07. The van der Waals surface area contributed by atoms with E-state index in [1.54, 1.807) is 4.90 Å². The Bertz CT molecular complexity index is 722. The number of rotatable bonds is 5. The molecule has 1 fully saturated rings. The van der Waals surface area contributed by atoms with Gasteiger partial charge in [-0.05, 0) is 25.7 Å². The molecule has 0 aromatic carbocycles. The Morgan fingerprint density at radius 3 is 3.00 bits per heavy atom. The van der Waals surface area contributed by atoms with Crippen LogP contribution in [0.15, 0.2) is 28.8 Å². The SMILES string of the molecule is O=C(C[C@H]1COCCN1C(=O)c1c[nH]c(=O)cn1)NCC1=CCCCC1. The summed E-state index contributed by atoms with van der Waals surface area (Å²) in [6, 6.07) is -0.342. The summed E-state index contributed by atoms with van der Waals surface area (Å²) < 4.78 is 5.45. The Balaban J connectivity index is 1.58. The fourth-order valence-electron chi connectivity index (χ4n) is 3.26. The van der Waals surface area contributed by atoms with E-state index in [2.05, 4.69) is 21.4 Å². The molecule has 0 bridgehead atoms. The molecule has 1 atom stereocenters. The number of H-pyrrole nitrogens is 1. The first-order valence-electron chi connectivity index (χ1n) is 9.01. The number of allylic oxidation sites excluding steroid dienone is 1. The highest BCUT2D eigenvalue weighted by molar-refractivity contribution is 5.92. The highest BCUT2D eigenvalue weighted by Crippen LogP contribution is 2.17. The van der Waals surface area contributed by atoms with Gasteiger partial charge in [0.1, 0.15) is 5.69 Å². The van der Waals surface area contributed by atoms with Crippen molar-refractivity contribution in [1.82, 2.24) is 20.2 Å². The molecule has 2 amide bonds. The lowest BCUT2D eigenvalue weighted by atomic mass is 9.99. The van der Waals surface area contributed by atoms with Gasteiger partial charge in [-0.3, -0.25) is 14.4 Å². The molecule has 0 spiro atoms. The normalized spacial score (nSPS) is 20.4. The van der Waals surface area contributed by atoms with Crippen LogP contribution in [0.2, 0.25) is 0 Å². The fraction of sp³-hybridized carbons (Fsp3) is 0.556. The van der Waals surface area contributed by atoms with Gasteiger partial charge in [-0.25, -0.2) is 4.98 Å². The van der Waals surface area contributed by atoms with E-state index in [9.17, 15) is 14.4 Å². The van der Waals surface area contributed by atoms with Gasteiger partial charge in [0.25, 0.3) is 11.5 Å². The average Bonchev–Trinajstić information content (AvgIpc) is 2.68. The summed E-state index contributed by atoms with van der Waals surface area (Å²) in [5.74, 6) is -0.406. The summed E-state index contributed by atoms with van der Waals surface area (Å²) in [7, 11) is 0. The van der Waals surface area contributed by atoms with Gasteiger partial charge in [-0.1, -0.05) is 11.6 Å². The van der Waals surface area contributed by atoms with E-state index < -0.39 is 0 Å². The molecule has 0 saturated carbocycles. The monoisotopic (exact) mass is 360 g/mol. The van der Waals surface area contributed by atoms with E-state index in [0.29, 0.717) is 26.3 Å². The van der Waals surface area contributed by atoms with Crippen molar-refractivity contribution in [3.05, 3.63) is 40.1 Å². The topological polar surface area (TPSA) is 104 Å². The number of aromatic amines is 1. The number of morpholine rings is 1. The Labute approximate surface area is 151 Å². The maximum atomic E-state index is 12.7. The Kier molecular flexibility index (Phi) is 6.17. The molecule has 3 rings (SSSR count). The number of carbonyl (C=O) groups excluding carboxylic acids is 2. The molecule has 1 aliphatic carbocycles. The van der Waals surface area contributed by atoms with Gasteiger partial charge < -0.3 is 19.9 Å². The molecule has 8 nitrogen and oxygen atoms in total. The van der Waals surface area contributed by atoms with Gasteiger partial charge in [-0.2, -0.15) is 0 Å². The first-order chi connectivity index (χ1) is 12.6. The maximum Gasteiger partial charge on any atom is 0.274 e. The largest absolute Gasteiger partial charge is 0.377 e. The van der Waals surface area contributed by atoms with Crippen LogP contribution in [-0.4, -0.2) is 59.0 Å². The van der Waals surface area contributed by atoms with Crippen LogP contribution in [0.3, 0.4) is 0 Å². The highest BCUT2D eigenvalue weighted by Gasteiger charge is 2.30. The number of ether oxygens (including phenoxy) is 1. The predicted octanol–water partition coefficient (Wildman–Crippen LogP) is 0.618. The molecule has 8 heteroatoms. The molecule has 2 heterocycles. The van der Waals surface area contributed by atoms with Crippen molar-refractivity contribution >= 4 is 11.8 Å². The van der Waals surface area contributed by atoms with Crippen LogP contribution in [0.5, 0.6) is 0 Å². The Morgan fingerprint density at radius 1 is 1.38 bits per heavy atom. The molecule has 1 aromatic heterocycles. The number of nitrogens with one attached hydrogen (secondary N) is 2. The predicted molar refractivity (Wildman–Crippen MR) is 94.7 cm³/mol. The fourth-order valence-corrected chi connectivity index (χ4v) is 3.26. The molecule has 1 aliphatic heterocycles. The molecule has 140 valence electrons. The van der Waals surface area contributed by atoms with Crippen LogP contribution in [-0.2, 0) is 9.53 Å². The van der Waals surface area contributed by atoms with Gasteiger partial charge in [0.05, 0.1) is 25.5 Å². The molecule has 2 aliphatic rings. The molecule has 26 heavy (non-hydrogen) atoms. The van der Waals surface area contributed by atoms with Crippen molar-refractivity contribution in [1.29, 1.82) is 0 Å². The van der Waals surface area contributed by atoms with Crippen LogP contribution in [0.25, 0.3) is 0 Å². The van der Waals surface area contributed by atoms with Gasteiger partial charge in [0, 0.05) is 25.7 Å². The van der Waals surface area contributed by atoms with Crippen molar-refractivity contribution in [3.8, 4) is 0 Å². The van der Waals surface area contributed by atoms with E-state index in [1.165, 1.54) is 24.6 Å². The third-order valence-electron chi connectivity index (χ3n) is 4.70. The van der Waals surface area contributed by atoms with Crippen molar-refractivity contribution in [3.63, 3.8) is 0 Å². The third kappa shape index (κ3) is 4.78. The highest BCUT2D eigenvalue weighted by atomic mass is 16.5. The van der Waals surface area contributed by atoms with Crippen LogP contribution in [0.4, 0.5) is 0 Å². The van der Waals surface area contributed by atoms with Crippen LogP contribution < -0.4 is 10.9 Å². The lowest BCUT2D eigenvalue weighted by molar-refractivity contribution is -0.123. The molecule has 0 radical (unpaired) electrons. The smallest absolute Gasteiger partial charge is 0.274 e. The summed E-state index contributed by atoms with van der Waals surface area (Å²) in [6.07, 6.45) is 9.26. The lowest BCUT2D eigenvalue weighted by Crippen LogP contribution is -2.50. The van der Waals surface area contributed by atoms with Crippen LogP contribution >= 0.6 is 0 Å². The number of aromatic nitrogens is 2. The first kappa shape index (κ1) is 18.3. The molecular formula is C18H24N4O4. The minimum Gasteiger partial charge on any atom is -0.377 e. The minimum absolute atomic E-state index is 0.0980. The van der Waals surface area contributed by atoms with Crippen molar-refractivity contribution in [2.75, 3.05) is 26.3 Å². The Morgan fingerprint density at radius 2 is 2.27 bits per heavy atom. The Hall–Kier alpha value is -2.48. The quantitative estimate of drug-likeness (QED) is 0.749. The van der Waals surface area contributed by atoms with E-state index in [4.69, 9.17) is 4.74 Å². The van der Waals surface area contributed by atoms with Gasteiger partial charge in [0.15, 0.2) is 0 Å². The van der Waals surface area contributed by atoms with Crippen LogP contribution in [0.1, 0.15) is 42.6 Å². The number of hydrogen-bond donors (Lipinski definition) is 2. The van der Waals surface area contributed by atoms with E-state index in [-0.39, 0.29) is 35.5 Å². The van der Waals surface area contributed by atoms with E-state index in [1.807, 2.05) is 0 Å². The molecule has 0 unspecified atom stereocenters. The molecule has 1 saturated heterocycles. The van der Waals surface area contributed by atoms with E-state index >= 15 is 0 Å². The second kappa shape index (κ2) is 8.75. The van der Waals surface area contributed by atoms with Crippen LogP contribution in [0, 0.1) is 0 Å². The zero-order valence-electron chi connectivity index (χ0n) is 14.7.